The number of carbonyl (C=O) groups is 5. The van der Waals surface area contributed by atoms with E-state index in [-0.39, 0.29) is 42.9 Å². The number of likely N-dealkylation sites (tertiary alicyclic amines) is 1. The summed E-state index contributed by atoms with van der Waals surface area (Å²) in [4.78, 5) is 84.4. The third-order valence-corrected chi connectivity index (χ3v) is 10.7. The van der Waals surface area contributed by atoms with Crippen molar-refractivity contribution in [3.63, 3.8) is 0 Å². The van der Waals surface area contributed by atoms with Crippen molar-refractivity contribution in [1.82, 2.24) is 45.3 Å². The van der Waals surface area contributed by atoms with Gasteiger partial charge >= 0.3 is 18.3 Å². The van der Waals surface area contributed by atoms with Crippen LogP contribution in [-0.2, 0) is 23.8 Å². The standard InChI is InChI=1S/C43H51N9O8/c1-25(2)35(48-41(55)58-5)39(53)51-20-8-9-33(51)37-44-21-31(46-37)29-16-12-27(13-17-29)10-11-28-14-18-30(19-15-28)32-22-45-38(47-32)34-23-50(43(57)60-7)24-52(34)40(54)36(26(3)4)49-42(56)59-6/h12-19,21-22,25-26,33-36H,8-9,20,23-24H2,1-7H3,(H,44,46)(H,45,47)(H,48,55)(H,49,56)/t33-,34-,35?,36-/m0/s1. The van der Waals surface area contributed by atoms with E-state index < -0.39 is 36.4 Å². The number of aromatic amines is 2. The molecule has 6 rings (SSSR count). The molecule has 2 saturated heterocycles. The lowest BCUT2D eigenvalue weighted by Crippen LogP contribution is -2.51. The number of methoxy groups -OCH3 is 3. The summed E-state index contributed by atoms with van der Waals surface area (Å²) in [5.41, 5.74) is 4.92. The van der Waals surface area contributed by atoms with E-state index in [0.29, 0.717) is 23.9 Å². The topological polar surface area (TPSA) is 204 Å². The lowest BCUT2D eigenvalue weighted by Gasteiger charge is -2.30. The van der Waals surface area contributed by atoms with Crippen LogP contribution in [0.15, 0.2) is 60.9 Å². The molecule has 0 aliphatic carbocycles. The molecule has 0 spiro atoms. The van der Waals surface area contributed by atoms with Gasteiger partial charge in [-0.1, -0.05) is 63.8 Å². The van der Waals surface area contributed by atoms with Crippen LogP contribution in [0.2, 0.25) is 0 Å². The highest BCUT2D eigenvalue weighted by Crippen LogP contribution is 2.33. The number of aromatic nitrogens is 4. The van der Waals surface area contributed by atoms with Crippen LogP contribution in [0, 0.1) is 23.7 Å². The van der Waals surface area contributed by atoms with E-state index in [1.165, 1.54) is 31.1 Å². The Kier molecular flexibility index (Phi) is 13.4. The number of hydrogen-bond acceptors (Lipinski definition) is 10. The second kappa shape index (κ2) is 18.8. The molecular formula is C43H51N9O8. The van der Waals surface area contributed by atoms with E-state index in [1.54, 1.807) is 17.3 Å². The Hall–Kier alpha value is -6.83. The van der Waals surface area contributed by atoms with Crippen LogP contribution in [-0.4, -0.2) is 118 Å². The lowest BCUT2D eigenvalue weighted by atomic mass is 10.0. The summed E-state index contributed by atoms with van der Waals surface area (Å²) in [7, 11) is 3.78. The molecule has 2 fully saturated rings. The van der Waals surface area contributed by atoms with Crippen molar-refractivity contribution in [2.45, 2.75) is 64.7 Å². The normalized spacial score (nSPS) is 17.2. The van der Waals surface area contributed by atoms with E-state index in [4.69, 9.17) is 14.2 Å². The first kappa shape index (κ1) is 42.8. The van der Waals surface area contributed by atoms with Gasteiger partial charge in [-0.05, 0) is 60.1 Å². The quantitative estimate of drug-likeness (QED) is 0.122. The number of hydrogen-bond donors (Lipinski definition) is 4. The zero-order chi connectivity index (χ0) is 43.1. The molecule has 4 N–H and O–H groups in total. The molecule has 4 atom stereocenters. The van der Waals surface area contributed by atoms with Crippen molar-refractivity contribution in [3.8, 4) is 34.4 Å². The molecular weight excluding hydrogens is 771 g/mol. The van der Waals surface area contributed by atoms with Crippen molar-refractivity contribution in [2.24, 2.45) is 11.8 Å². The minimum Gasteiger partial charge on any atom is -0.453 e. The molecule has 0 radical (unpaired) electrons. The number of carbonyl (C=O) groups excluding carboxylic acids is 5. The molecule has 60 heavy (non-hydrogen) atoms. The Labute approximate surface area is 348 Å². The molecule has 2 aliphatic rings. The molecule has 4 aromatic rings. The van der Waals surface area contributed by atoms with Gasteiger partial charge in [0.15, 0.2) is 0 Å². The smallest absolute Gasteiger partial charge is 0.410 e. The number of amides is 5. The number of nitrogens with one attached hydrogen (secondary N) is 4. The number of H-pyrrole nitrogens is 2. The third-order valence-electron chi connectivity index (χ3n) is 10.7. The molecule has 0 bridgehead atoms. The van der Waals surface area contributed by atoms with Crippen LogP contribution in [0.1, 0.15) is 75.4 Å². The maximum absolute atomic E-state index is 13.8. The molecule has 17 heteroatoms. The molecule has 4 heterocycles. The van der Waals surface area contributed by atoms with Gasteiger partial charge < -0.3 is 44.6 Å². The first-order valence-electron chi connectivity index (χ1n) is 19.8. The van der Waals surface area contributed by atoms with Crippen molar-refractivity contribution < 1.29 is 38.2 Å². The number of alkyl carbamates (subject to hydrolysis) is 2. The van der Waals surface area contributed by atoms with Gasteiger partial charge in [0.25, 0.3) is 0 Å². The molecule has 316 valence electrons. The minimum atomic E-state index is -0.889. The van der Waals surface area contributed by atoms with Crippen LogP contribution < -0.4 is 10.6 Å². The van der Waals surface area contributed by atoms with E-state index in [1.807, 2.05) is 76.2 Å². The van der Waals surface area contributed by atoms with Crippen LogP contribution in [0.5, 0.6) is 0 Å². The largest absolute Gasteiger partial charge is 0.453 e. The zero-order valence-electron chi connectivity index (χ0n) is 34.8. The van der Waals surface area contributed by atoms with E-state index in [2.05, 4.69) is 42.4 Å². The summed E-state index contributed by atoms with van der Waals surface area (Å²) in [6.45, 7) is 8.07. The zero-order valence-corrected chi connectivity index (χ0v) is 34.8. The molecule has 17 nitrogen and oxygen atoms in total. The van der Waals surface area contributed by atoms with E-state index in [9.17, 15) is 24.0 Å². The van der Waals surface area contributed by atoms with Crippen LogP contribution >= 0.6 is 0 Å². The highest BCUT2D eigenvalue weighted by molar-refractivity contribution is 5.87. The molecule has 5 amide bonds. The number of imidazole rings is 2. The predicted molar refractivity (Wildman–Crippen MR) is 220 cm³/mol. The molecule has 1 unspecified atom stereocenters. The van der Waals surface area contributed by atoms with Crippen molar-refractivity contribution in [2.75, 3.05) is 41.1 Å². The highest BCUT2D eigenvalue weighted by Gasteiger charge is 2.43. The third kappa shape index (κ3) is 9.54. The number of ether oxygens (including phenoxy) is 3. The fraction of sp³-hybridized carbons (Fsp3) is 0.419. The Morgan fingerprint density at radius 1 is 0.683 bits per heavy atom. The summed E-state index contributed by atoms with van der Waals surface area (Å²) in [5, 5.41) is 5.29. The van der Waals surface area contributed by atoms with Crippen molar-refractivity contribution in [1.29, 1.82) is 0 Å². The second-order valence-corrected chi connectivity index (χ2v) is 15.3. The van der Waals surface area contributed by atoms with Gasteiger partial charge in [-0.25, -0.2) is 24.4 Å². The van der Waals surface area contributed by atoms with Gasteiger partial charge in [-0.15, -0.1) is 0 Å². The average molecular weight is 822 g/mol. The minimum absolute atomic E-state index is 0.0416. The summed E-state index contributed by atoms with van der Waals surface area (Å²) in [6.07, 6.45) is 3.08. The van der Waals surface area contributed by atoms with Gasteiger partial charge in [0, 0.05) is 17.7 Å². The predicted octanol–water partition coefficient (Wildman–Crippen LogP) is 5.20. The Balaban J connectivity index is 1.11. The Morgan fingerprint density at radius 3 is 1.60 bits per heavy atom. The molecule has 2 aromatic carbocycles. The van der Waals surface area contributed by atoms with E-state index in [0.717, 1.165) is 40.8 Å². The second-order valence-electron chi connectivity index (χ2n) is 15.3. The summed E-state index contributed by atoms with van der Waals surface area (Å²) in [5.74, 6) is 6.68. The highest BCUT2D eigenvalue weighted by atomic mass is 16.5. The van der Waals surface area contributed by atoms with Gasteiger partial charge in [0.1, 0.15) is 29.8 Å². The summed E-state index contributed by atoms with van der Waals surface area (Å²) >= 11 is 0. The molecule has 2 aliphatic heterocycles. The summed E-state index contributed by atoms with van der Waals surface area (Å²) in [6, 6.07) is 13.0. The first-order chi connectivity index (χ1) is 28.8. The maximum atomic E-state index is 13.8. The number of rotatable bonds is 10. The average Bonchev–Trinajstić information content (AvgIpc) is 4.10. The Bertz CT molecular complexity index is 2240. The fourth-order valence-corrected chi connectivity index (χ4v) is 7.35. The lowest BCUT2D eigenvalue weighted by molar-refractivity contribution is -0.136. The van der Waals surface area contributed by atoms with Crippen molar-refractivity contribution in [3.05, 3.63) is 83.7 Å². The van der Waals surface area contributed by atoms with Gasteiger partial charge in [0.2, 0.25) is 11.8 Å². The number of nitrogens with zero attached hydrogens (tertiary/aromatic N) is 5. The van der Waals surface area contributed by atoms with Gasteiger partial charge in [0.05, 0.1) is 64.4 Å². The SMILES string of the molecule is COC(=O)NC(C(=O)N1CCC[C@H]1c1ncc(-c2ccc(C#Cc3ccc(-c4cnc([C@@H]5CN(C(=O)OC)CN5C(=O)[C@@H](NC(=O)OC)C(C)C)[nH]4)cc3)cc2)[nH]1)C(C)C. The monoisotopic (exact) mass is 821 g/mol. The van der Waals surface area contributed by atoms with Crippen LogP contribution in [0.25, 0.3) is 22.5 Å². The summed E-state index contributed by atoms with van der Waals surface area (Å²) < 4.78 is 14.4. The Morgan fingerprint density at radius 2 is 1.15 bits per heavy atom. The number of benzene rings is 2. The van der Waals surface area contributed by atoms with Crippen molar-refractivity contribution >= 4 is 30.1 Å². The van der Waals surface area contributed by atoms with Gasteiger partial charge in [-0.3, -0.25) is 14.5 Å². The van der Waals surface area contributed by atoms with Crippen LogP contribution in [0.3, 0.4) is 0 Å². The first-order valence-corrected chi connectivity index (χ1v) is 19.8. The fourth-order valence-electron chi connectivity index (χ4n) is 7.35. The van der Waals surface area contributed by atoms with E-state index >= 15 is 0 Å². The maximum Gasteiger partial charge on any atom is 0.410 e. The molecule has 0 saturated carbocycles. The molecule has 2 aromatic heterocycles. The van der Waals surface area contributed by atoms with Crippen LogP contribution in [0.4, 0.5) is 14.4 Å². The van der Waals surface area contributed by atoms with Gasteiger partial charge in [-0.2, -0.15) is 0 Å².